The number of benzene rings is 1. The van der Waals surface area contributed by atoms with Gasteiger partial charge in [0.05, 0.1) is 4.92 Å². The number of nitrogens with zero attached hydrogens (tertiary/aromatic N) is 3. The number of nitro benzene ring substituents is 1. The molecule has 0 spiro atoms. The molecule has 6 nitrogen and oxygen atoms in total. The maximum Gasteiger partial charge on any atom is 0.269 e. The van der Waals surface area contributed by atoms with Crippen molar-refractivity contribution in [1.82, 2.24) is 9.97 Å². The van der Waals surface area contributed by atoms with Crippen molar-refractivity contribution >= 4 is 34.2 Å². The van der Waals surface area contributed by atoms with Crippen LogP contribution in [0.2, 0.25) is 0 Å². The highest BCUT2D eigenvalue weighted by Crippen LogP contribution is 2.14. The van der Waals surface area contributed by atoms with Crippen LogP contribution in [0.5, 0.6) is 0 Å². The van der Waals surface area contributed by atoms with Crippen LogP contribution >= 0.6 is 22.6 Å². The summed E-state index contributed by atoms with van der Waals surface area (Å²) in [5.74, 6) is 0.502. The predicted molar refractivity (Wildman–Crippen MR) is 75.2 cm³/mol. The number of non-ortho nitro benzene ring substituents is 1. The Morgan fingerprint density at radius 2 is 2.06 bits per heavy atom. The van der Waals surface area contributed by atoms with Crippen molar-refractivity contribution in [3.05, 3.63) is 55.9 Å². The summed E-state index contributed by atoms with van der Waals surface area (Å²) in [7, 11) is 0. The molecule has 0 radical (unpaired) electrons. The molecule has 1 aromatic carbocycles. The van der Waals surface area contributed by atoms with Gasteiger partial charge in [-0.2, -0.15) is 0 Å². The lowest BCUT2D eigenvalue weighted by atomic mass is 10.2. The fourth-order valence-corrected chi connectivity index (χ4v) is 1.64. The van der Waals surface area contributed by atoms with E-state index >= 15 is 0 Å². The Morgan fingerprint density at radius 1 is 1.33 bits per heavy atom. The number of nitro groups is 1. The average molecular weight is 356 g/mol. The van der Waals surface area contributed by atoms with E-state index in [1.807, 2.05) is 6.07 Å². The van der Waals surface area contributed by atoms with Crippen molar-refractivity contribution in [2.24, 2.45) is 0 Å². The van der Waals surface area contributed by atoms with Gasteiger partial charge in [0.2, 0.25) is 5.95 Å². The molecule has 0 atom stereocenters. The summed E-state index contributed by atoms with van der Waals surface area (Å²) in [6, 6.07) is 6.46. The first-order valence-corrected chi connectivity index (χ1v) is 6.18. The SMILES string of the molecule is O=[N+]([O-])c1cccc(CNc2ncc(I)cn2)c1. The fraction of sp³-hybridized carbons (Fsp3) is 0.0909. The van der Waals surface area contributed by atoms with Crippen molar-refractivity contribution < 1.29 is 4.92 Å². The number of rotatable bonds is 4. The molecule has 7 heteroatoms. The first-order valence-electron chi connectivity index (χ1n) is 5.10. The van der Waals surface area contributed by atoms with E-state index in [-0.39, 0.29) is 5.69 Å². The molecule has 18 heavy (non-hydrogen) atoms. The lowest BCUT2D eigenvalue weighted by Crippen LogP contribution is -2.03. The molecule has 92 valence electrons. The van der Waals surface area contributed by atoms with Gasteiger partial charge in [-0.3, -0.25) is 10.1 Å². The molecule has 1 N–H and O–H groups in total. The molecule has 0 aliphatic carbocycles. The summed E-state index contributed by atoms with van der Waals surface area (Å²) in [6.45, 7) is 0.447. The molecule has 1 heterocycles. The van der Waals surface area contributed by atoms with Crippen LogP contribution in [-0.4, -0.2) is 14.9 Å². The average Bonchev–Trinajstić information content (AvgIpc) is 2.38. The van der Waals surface area contributed by atoms with Gasteiger partial charge < -0.3 is 5.32 Å². The van der Waals surface area contributed by atoms with Crippen LogP contribution in [-0.2, 0) is 6.54 Å². The molecule has 0 saturated carbocycles. The number of hydrogen-bond acceptors (Lipinski definition) is 5. The first-order chi connectivity index (χ1) is 8.65. The van der Waals surface area contributed by atoms with Crippen molar-refractivity contribution in [1.29, 1.82) is 0 Å². The Bertz CT molecular complexity index is 559. The van der Waals surface area contributed by atoms with Gasteiger partial charge in [0.25, 0.3) is 5.69 Å². The van der Waals surface area contributed by atoms with Gasteiger partial charge in [-0.1, -0.05) is 12.1 Å². The maximum absolute atomic E-state index is 10.6. The Balaban J connectivity index is 2.04. The predicted octanol–water partition coefficient (Wildman–Crippen LogP) is 2.60. The Hall–Kier alpha value is -1.77. The van der Waals surface area contributed by atoms with Gasteiger partial charge >= 0.3 is 0 Å². The zero-order valence-electron chi connectivity index (χ0n) is 9.21. The number of anilines is 1. The highest BCUT2D eigenvalue weighted by molar-refractivity contribution is 14.1. The van der Waals surface area contributed by atoms with Crippen molar-refractivity contribution in [3.63, 3.8) is 0 Å². The van der Waals surface area contributed by atoms with E-state index in [0.29, 0.717) is 12.5 Å². The molecule has 0 fully saturated rings. The molecule has 2 aromatic rings. The van der Waals surface area contributed by atoms with Crippen LogP contribution < -0.4 is 5.32 Å². The summed E-state index contributed by atoms with van der Waals surface area (Å²) in [5, 5.41) is 13.6. The van der Waals surface area contributed by atoms with Crippen LogP contribution in [0, 0.1) is 13.7 Å². The molecule has 0 saturated heterocycles. The number of nitrogens with one attached hydrogen (secondary N) is 1. The van der Waals surface area contributed by atoms with Gasteiger partial charge in [0.1, 0.15) is 0 Å². The Labute approximate surface area is 117 Å². The van der Waals surface area contributed by atoms with Gasteiger partial charge in [-0.25, -0.2) is 9.97 Å². The minimum Gasteiger partial charge on any atom is -0.350 e. The first kappa shape index (κ1) is 12.7. The van der Waals surface area contributed by atoms with E-state index in [4.69, 9.17) is 0 Å². The zero-order valence-corrected chi connectivity index (χ0v) is 11.4. The second-order valence-electron chi connectivity index (χ2n) is 3.51. The molecule has 1 aromatic heterocycles. The smallest absolute Gasteiger partial charge is 0.269 e. The number of aromatic nitrogens is 2. The van der Waals surface area contributed by atoms with Crippen molar-refractivity contribution in [2.75, 3.05) is 5.32 Å². The third-order valence-corrected chi connectivity index (χ3v) is 2.75. The molecule has 0 unspecified atom stereocenters. The van der Waals surface area contributed by atoms with Gasteiger partial charge in [0, 0.05) is 34.6 Å². The molecular formula is C11H9IN4O2. The normalized spacial score (nSPS) is 10.1. The molecule has 0 amide bonds. The summed E-state index contributed by atoms with van der Waals surface area (Å²) < 4.78 is 0.952. The van der Waals surface area contributed by atoms with E-state index in [1.165, 1.54) is 12.1 Å². The van der Waals surface area contributed by atoms with Gasteiger partial charge in [-0.05, 0) is 28.2 Å². The van der Waals surface area contributed by atoms with E-state index in [0.717, 1.165) is 9.13 Å². The van der Waals surface area contributed by atoms with Crippen LogP contribution in [0.1, 0.15) is 5.56 Å². The van der Waals surface area contributed by atoms with Crippen LogP contribution in [0.15, 0.2) is 36.7 Å². The zero-order chi connectivity index (χ0) is 13.0. The largest absolute Gasteiger partial charge is 0.350 e. The molecular weight excluding hydrogens is 347 g/mol. The molecule has 0 bridgehead atoms. The Kier molecular flexibility index (Phi) is 4.03. The Morgan fingerprint density at radius 3 is 2.72 bits per heavy atom. The summed E-state index contributed by atoms with van der Waals surface area (Å²) in [5.41, 5.74) is 0.893. The lowest BCUT2D eigenvalue weighted by Gasteiger charge is -2.04. The summed E-state index contributed by atoms with van der Waals surface area (Å²) in [6.07, 6.45) is 3.40. The van der Waals surface area contributed by atoms with Gasteiger partial charge in [0.15, 0.2) is 0 Å². The summed E-state index contributed by atoms with van der Waals surface area (Å²) in [4.78, 5) is 18.4. The minimum atomic E-state index is -0.412. The molecule has 0 aliphatic rings. The van der Waals surface area contributed by atoms with E-state index in [1.54, 1.807) is 18.5 Å². The monoisotopic (exact) mass is 356 g/mol. The van der Waals surface area contributed by atoms with Gasteiger partial charge in [-0.15, -0.1) is 0 Å². The van der Waals surface area contributed by atoms with Crippen molar-refractivity contribution in [2.45, 2.75) is 6.54 Å². The number of halogens is 1. The van der Waals surface area contributed by atoms with Crippen LogP contribution in [0.4, 0.5) is 11.6 Å². The highest BCUT2D eigenvalue weighted by Gasteiger charge is 2.05. The quantitative estimate of drug-likeness (QED) is 0.518. The fourth-order valence-electron chi connectivity index (χ4n) is 1.36. The van der Waals surface area contributed by atoms with Crippen molar-refractivity contribution in [3.8, 4) is 0 Å². The van der Waals surface area contributed by atoms with E-state index < -0.39 is 4.92 Å². The maximum atomic E-state index is 10.6. The van der Waals surface area contributed by atoms with E-state index in [2.05, 4.69) is 37.9 Å². The standard InChI is InChI=1S/C11H9IN4O2/c12-9-6-14-11(15-7-9)13-5-8-2-1-3-10(4-8)16(17)18/h1-4,6-7H,5H2,(H,13,14,15). The number of hydrogen-bond donors (Lipinski definition) is 1. The summed E-state index contributed by atoms with van der Waals surface area (Å²) >= 11 is 2.12. The second-order valence-corrected chi connectivity index (χ2v) is 4.75. The molecule has 0 aliphatic heterocycles. The minimum absolute atomic E-state index is 0.0813. The lowest BCUT2D eigenvalue weighted by molar-refractivity contribution is -0.384. The molecule has 2 rings (SSSR count). The van der Waals surface area contributed by atoms with Crippen LogP contribution in [0.25, 0.3) is 0 Å². The third kappa shape index (κ3) is 3.36. The third-order valence-electron chi connectivity index (χ3n) is 2.19. The highest BCUT2D eigenvalue weighted by atomic mass is 127. The second kappa shape index (κ2) is 5.71. The van der Waals surface area contributed by atoms with Crippen LogP contribution in [0.3, 0.4) is 0 Å². The topological polar surface area (TPSA) is 81.0 Å². The van der Waals surface area contributed by atoms with E-state index in [9.17, 15) is 10.1 Å².